The van der Waals surface area contributed by atoms with Crippen molar-refractivity contribution in [1.29, 1.82) is 0 Å². The summed E-state index contributed by atoms with van der Waals surface area (Å²) in [6, 6.07) is 9.24. The highest BCUT2D eigenvalue weighted by atomic mass is 15.4. The molecule has 3 aromatic rings. The number of aromatic nitrogens is 4. The lowest BCUT2D eigenvalue weighted by Crippen LogP contribution is -2.21. The summed E-state index contributed by atoms with van der Waals surface area (Å²) in [7, 11) is 0. The fourth-order valence-corrected chi connectivity index (χ4v) is 3.04. The highest BCUT2D eigenvalue weighted by Crippen LogP contribution is 2.23. The van der Waals surface area contributed by atoms with Gasteiger partial charge in [-0.3, -0.25) is 4.90 Å². The number of nitrogens with zero attached hydrogens (tertiary/aromatic N) is 4. The quantitative estimate of drug-likeness (QED) is 0.791. The third-order valence-corrected chi connectivity index (χ3v) is 4.09. The minimum Gasteiger partial charge on any atom is -0.361 e. The highest BCUT2D eigenvalue weighted by Gasteiger charge is 2.24. The number of hydrogen-bond donors (Lipinski definition) is 1. The van der Waals surface area contributed by atoms with Gasteiger partial charge >= 0.3 is 0 Å². The molecule has 1 N–H and O–H groups in total. The Kier molecular flexibility index (Phi) is 2.77. The molecule has 0 amide bonds. The maximum Gasteiger partial charge on any atom is 0.0693 e. The van der Waals surface area contributed by atoms with Gasteiger partial charge in [-0.05, 0) is 35.6 Å². The lowest BCUT2D eigenvalue weighted by Gasteiger charge is -2.16. The molecule has 0 aliphatic carbocycles. The van der Waals surface area contributed by atoms with Gasteiger partial charge < -0.3 is 4.98 Å². The van der Waals surface area contributed by atoms with Crippen molar-refractivity contribution in [1.82, 2.24) is 24.9 Å². The number of nitrogens with one attached hydrogen (secondary N) is 1. The topological polar surface area (TPSA) is 49.7 Å². The molecule has 1 atom stereocenters. The van der Waals surface area contributed by atoms with Crippen molar-refractivity contribution in [2.24, 2.45) is 0 Å². The summed E-state index contributed by atoms with van der Waals surface area (Å²) in [5.41, 5.74) is 2.58. The fourth-order valence-electron chi connectivity index (χ4n) is 3.04. The van der Waals surface area contributed by atoms with Crippen LogP contribution < -0.4 is 0 Å². The smallest absolute Gasteiger partial charge is 0.0693 e. The molecule has 2 aromatic heterocycles. The van der Waals surface area contributed by atoms with Gasteiger partial charge in [-0.1, -0.05) is 11.3 Å². The average Bonchev–Trinajstić information content (AvgIpc) is 3.19. The van der Waals surface area contributed by atoms with E-state index < -0.39 is 0 Å². The van der Waals surface area contributed by atoms with Crippen LogP contribution in [0.1, 0.15) is 18.0 Å². The summed E-state index contributed by atoms with van der Waals surface area (Å²) in [4.78, 5) is 5.72. The first-order valence-electron chi connectivity index (χ1n) is 7.03. The Bertz CT molecular complexity index is 700. The molecule has 3 heterocycles. The molecule has 1 aliphatic rings. The van der Waals surface area contributed by atoms with Gasteiger partial charge in [0.2, 0.25) is 0 Å². The van der Waals surface area contributed by atoms with Crippen molar-refractivity contribution < 1.29 is 0 Å². The summed E-state index contributed by atoms with van der Waals surface area (Å²) in [6.07, 6.45) is 6.85. The zero-order valence-electron chi connectivity index (χ0n) is 11.2. The van der Waals surface area contributed by atoms with Gasteiger partial charge in [0.05, 0.1) is 12.2 Å². The molecule has 0 saturated carbocycles. The van der Waals surface area contributed by atoms with Crippen LogP contribution in [0, 0.1) is 0 Å². The van der Waals surface area contributed by atoms with Crippen molar-refractivity contribution in [2.75, 3.05) is 13.1 Å². The molecule has 1 aromatic carbocycles. The monoisotopic (exact) mass is 267 g/mol. The Hall–Kier alpha value is -2.14. The zero-order valence-corrected chi connectivity index (χ0v) is 11.2. The van der Waals surface area contributed by atoms with Crippen molar-refractivity contribution in [2.45, 2.75) is 19.0 Å². The van der Waals surface area contributed by atoms with Crippen LogP contribution >= 0.6 is 0 Å². The Labute approximate surface area is 117 Å². The van der Waals surface area contributed by atoms with E-state index in [1.165, 1.54) is 16.5 Å². The first-order chi connectivity index (χ1) is 9.88. The summed E-state index contributed by atoms with van der Waals surface area (Å²) in [6.45, 7) is 3.18. The second kappa shape index (κ2) is 4.76. The van der Waals surface area contributed by atoms with E-state index in [1.54, 1.807) is 6.20 Å². The molecule has 1 fully saturated rings. The molecule has 1 aliphatic heterocycles. The first kappa shape index (κ1) is 11.7. The maximum absolute atomic E-state index is 4.11. The van der Waals surface area contributed by atoms with Crippen LogP contribution in [-0.2, 0) is 6.54 Å². The third kappa shape index (κ3) is 2.10. The molecule has 20 heavy (non-hydrogen) atoms. The minimum atomic E-state index is 0.466. The lowest BCUT2D eigenvalue weighted by molar-refractivity contribution is 0.310. The minimum absolute atomic E-state index is 0.466. The number of likely N-dealkylation sites (tertiary alicyclic amines) is 1. The Balaban J connectivity index is 1.47. The first-order valence-corrected chi connectivity index (χ1v) is 7.03. The van der Waals surface area contributed by atoms with Crippen LogP contribution in [0.15, 0.2) is 42.9 Å². The Morgan fingerprint density at radius 1 is 1.30 bits per heavy atom. The SMILES string of the molecule is c1cn(C2CCN(Cc3ccc4[nH]ccc4c3)C2)nn1. The van der Waals surface area contributed by atoms with E-state index in [2.05, 4.69) is 44.5 Å². The Morgan fingerprint density at radius 3 is 3.20 bits per heavy atom. The second-order valence-electron chi connectivity index (χ2n) is 5.46. The molecule has 102 valence electrons. The van der Waals surface area contributed by atoms with Crippen LogP contribution in [-0.4, -0.2) is 38.0 Å². The van der Waals surface area contributed by atoms with Crippen LogP contribution in [0.4, 0.5) is 0 Å². The number of H-pyrrole nitrogens is 1. The molecule has 0 radical (unpaired) electrons. The van der Waals surface area contributed by atoms with E-state index in [-0.39, 0.29) is 0 Å². The number of rotatable bonds is 3. The Morgan fingerprint density at radius 2 is 2.30 bits per heavy atom. The molecular formula is C15H17N5. The van der Waals surface area contributed by atoms with E-state index in [4.69, 9.17) is 0 Å². The molecule has 1 saturated heterocycles. The van der Waals surface area contributed by atoms with Crippen LogP contribution in [0.3, 0.4) is 0 Å². The normalized spacial score (nSPS) is 19.9. The standard InChI is InChI=1S/C15H17N5/c1-2-15-13(3-5-16-15)9-12(1)10-19-7-4-14(11-19)20-8-6-17-18-20/h1-3,5-6,8-9,14,16H,4,7,10-11H2. The van der Waals surface area contributed by atoms with E-state index in [0.717, 1.165) is 26.1 Å². The van der Waals surface area contributed by atoms with Gasteiger partial charge in [-0.15, -0.1) is 5.10 Å². The van der Waals surface area contributed by atoms with Crippen LogP contribution in [0.5, 0.6) is 0 Å². The van der Waals surface area contributed by atoms with Crippen molar-refractivity contribution in [3.8, 4) is 0 Å². The zero-order chi connectivity index (χ0) is 13.4. The van der Waals surface area contributed by atoms with E-state index in [1.807, 2.05) is 17.1 Å². The summed E-state index contributed by atoms with van der Waals surface area (Å²) in [5, 5.41) is 9.29. The van der Waals surface area contributed by atoms with Crippen molar-refractivity contribution in [3.63, 3.8) is 0 Å². The molecule has 1 unspecified atom stereocenters. The lowest BCUT2D eigenvalue weighted by atomic mass is 10.1. The molecule has 5 nitrogen and oxygen atoms in total. The molecule has 0 spiro atoms. The second-order valence-corrected chi connectivity index (χ2v) is 5.46. The molecule has 4 rings (SSSR count). The largest absolute Gasteiger partial charge is 0.361 e. The fraction of sp³-hybridized carbons (Fsp3) is 0.333. The van der Waals surface area contributed by atoms with Gasteiger partial charge in [-0.2, -0.15) is 0 Å². The number of benzene rings is 1. The van der Waals surface area contributed by atoms with E-state index in [9.17, 15) is 0 Å². The predicted octanol–water partition coefficient (Wildman–Crippen LogP) is 2.21. The van der Waals surface area contributed by atoms with Crippen molar-refractivity contribution in [3.05, 3.63) is 48.4 Å². The highest BCUT2D eigenvalue weighted by molar-refractivity contribution is 5.79. The average molecular weight is 267 g/mol. The van der Waals surface area contributed by atoms with Gasteiger partial charge in [0.25, 0.3) is 0 Å². The summed E-state index contributed by atoms with van der Waals surface area (Å²) >= 11 is 0. The third-order valence-electron chi connectivity index (χ3n) is 4.09. The van der Waals surface area contributed by atoms with E-state index in [0.29, 0.717) is 6.04 Å². The number of fused-ring (bicyclic) bond motifs is 1. The van der Waals surface area contributed by atoms with Gasteiger partial charge in [-0.25, -0.2) is 4.68 Å². The molecular weight excluding hydrogens is 250 g/mol. The summed E-state index contributed by atoms with van der Waals surface area (Å²) in [5.74, 6) is 0. The summed E-state index contributed by atoms with van der Waals surface area (Å²) < 4.78 is 1.98. The van der Waals surface area contributed by atoms with Gasteiger partial charge in [0, 0.05) is 37.5 Å². The molecule has 0 bridgehead atoms. The van der Waals surface area contributed by atoms with Gasteiger partial charge in [0.1, 0.15) is 0 Å². The molecule has 5 heteroatoms. The number of hydrogen-bond acceptors (Lipinski definition) is 3. The predicted molar refractivity (Wildman–Crippen MR) is 77.3 cm³/mol. The van der Waals surface area contributed by atoms with Crippen molar-refractivity contribution >= 4 is 10.9 Å². The maximum atomic E-state index is 4.11. The van der Waals surface area contributed by atoms with Crippen LogP contribution in [0.2, 0.25) is 0 Å². The van der Waals surface area contributed by atoms with Gasteiger partial charge in [0.15, 0.2) is 0 Å². The number of aromatic amines is 1. The van der Waals surface area contributed by atoms with Crippen LogP contribution in [0.25, 0.3) is 10.9 Å². The van der Waals surface area contributed by atoms with E-state index >= 15 is 0 Å².